The summed E-state index contributed by atoms with van der Waals surface area (Å²) in [4.78, 5) is 0. The molecule has 0 bridgehead atoms. The molecule has 1 heterocycles. The van der Waals surface area contributed by atoms with Gasteiger partial charge in [-0.2, -0.15) is 0 Å². The maximum absolute atomic E-state index is 5.88. The molecule has 102 valence electrons. The lowest BCUT2D eigenvalue weighted by Crippen LogP contribution is -1.96. The van der Waals surface area contributed by atoms with Crippen LogP contribution in [0.1, 0.15) is 16.7 Å². The van der Waals surface area contributed by atoms with Crippen molar-refractivity contribution in [2.45, 2.75) is 20.1 Å². The first kappa shape index (κ1) is 13.2. The molecule has 20 heavy (non-hydrogen) atoms. The molecule has 0 saturated heterocycles. The SMILES string of the molecule is Cc1cccc(OCc2csc3cc(CN)ccc23)c1. The molecule has 1 aromatic heterocycles. The highest BCUT2D eigenvalue weighted by Gasteiger charge is 2.05. The molecule has 2 aromatic carbocycles. The van der Waals surface area contributed by atoms with Crippen molar-refractivity contribution in [3.8, 4) is 5.75 Å². The zero-order valence-corrected chi connectivity index (χ0v) is 12.2. The van der Waals surface area contributed by atoms with Crippen LogP contribution < -0.4 is 10.5 Å². The van der Waals surface area contributed by atoms with Crippen LogP contribution in [-0.2, 0) is 13.2 Å². The van der Waals surface area contributed by atoms with Crippen LogP contribution >= 0.6 is 11.3 Å². The quantitative estimate of drug-likeness (QED) is 0.777. The second-order valence-electron chi connectivity index (χ2n) is 4.90. The highest BCUT2D eigenvalue weighted by molar-refractivity contribution is 7.17. The van der Waals surface area contributed by atoms with Crippen molar-refractivity contribution in [3.63, 3.8) is 0 Å². The van der Waals surface area contributed by atoms with Gasteiger partial charge in [-0.15, -0.1) is 11.3 Å². The maximum Gasteiger partial charge on any atom is 0.120 e. The average Bonchev–Trinajstić information content (AvgIpc) is 2.87. The second kappa shape index (κ2) is 5.65. The van der Waals surface area contributed by atoms with Gasteiger partial charge in [-0.25, -0.2) is 0 Å². The Morgan fingerprint density at radius 1 is 1.15 bits per heavy atom. The summed E-state index contributed by atoms with van der Waals surface area (Å²) in [6.07, 6.45) is 0. The molecule has 0 unspecified atom stereocenters. The summed E-state index contributed by atoms with van der Waals surface area (Å²) in [5.41, 5.74) is 9.29. The van der Waals surface area contributed by atoms with Gasteiger partial charge in [0.05, 0.1) is 0 Å². The lowest BCUT2D eigenvalue weighted by Gasteiger charge is -2.06. The average molecular weight is 283 g/mol. The van der Waals surface area contributed by atoms with E-state index in [9.17, 15) is 0 Å². The summed E-state index contributed by atoms with van der Waals surface area (Å²) in [5.74, 6) is 0.919. The first-order valence-electron chi connectivity index (χ1n) is 6.65. The van der Waals surface area contributed by atoms with Crippen LogP contribution in [0.2, 0.25) is 0 Å². The van der Waals surface area contributed by atoms with Crippen molar-refractivity contribution in [3.05, 3.63) is 64.5 Å². The fourth-order valence-electron chi connectivity index (χ4n) is 2.23. The fourth-order valence-corrected chi connectivity index (χ4v) is 3.24. The molecule has 0 atom stereocenters. The Bertz CT molecular complexity index is 733. The van der Waals surface area contributed by atoms with Crippen molar-refractivity contribution in [1.29, 1.82) is 0 Å². The number of aryl methyl sites for hydroxylation is 1. The number of hydrogen-bond donors (Lipinski definition) is 1. The number of fused-ring (bicyclic) bond motifs is 1. The Morgan fingerprint density at radius 2 is 2.05 bits per heavy atom. The molecule has 0 amide bonds. The standard InChI is InChI=1S/C17H17NOS/c1-12-3-2-4-15(7-12)19-10-14-11-20-17-8-13(9-18)5-6-16(14)17/h2-8,11H,9-10,18H2,1H3. The summed E-state index contributed by atoms with van der Waals surface area (Å²) in [7, 11) is 0. The van der Waals surface area contributed by atoms with Crippen molar-refractivity contribution in [2.75, 3.05) is 0 Å². The van der Waals surface area contributed by atoms with Crippen molar-refractivity contribution in [2.24, 2.45) is 5.73 Å². The molecule has 3 heteroatoms. The first-order chi connectivity index (χ1) is 9.76. The molecular weight excluding hydrogens is 266 g/mol. The molecule has 0 aliphatic heterocycles. The van der Waals surface area contributed by atoms with Crippen LogP contribution in [0.4, 0.5) is 0 Å². The van der Waals surface area contributed by atoms with E-state index in [1.165, 1.54) is 26.8 Å². The second-order valence-corrected chi connectivity index (χ2v) is 5.81. The van der Waals surface area contributed by atoms with E-state index in [0.29, 0.717) is 13.2 Å². The van der Waals surface area contributed by atoms with Crippen LogP contribution in [-0.4, -0.2) is 0 Å². The minimum atomic E-state index is 0.586. The molecule has 3 rings (SSSR count). The number of nitrogens with two attached hydrogens (primary N) is 1. The maximum atomic E-state index is 5.88. The van der Waals surface area contributed by atoms with Gasteiger partial charge in [0.25, 0.3) is 0 Å². The molecule has 0 radical (unpaired) electrons. The van der Waals surface area contributed by atoms with Crippen molar-refractivity contribution in [1.82, 2.24) is 0 Å². The summed E-state index contributed by atoms with van der Waals surface area (Å²) in [5, 5.41) is 3.43. The van der Waals surface area contributed by atoms with Gasteiger partial charge in [0, 0.05) is 16.8 Å². The van der Waals surface area contributed by atoms with E-state index < -0.39 is 0 Å². The smallest absolute Gasteiger partial charge is 0.120 e. The minimum Gasteiger partial charge on any atom is -0.489 e. The van der Waals surface area contributed by atoms with Crippen LogP contribution in [0.5, 0.6) is 5.75 Å². The van der Waals surface area contributed by atoms with Gasteiger partial charge in [0.15, 0.2) is 0 Å². The lowest BCUT2D eigenvalue weighted by atomic mass is 10.1. The van der Waals surface area contributed by atoms with E-state index in [-0.39, 0.29) is 0 Å². The van der Waals surface area contributed by atoms with Crippen molar-refractivity contribution >= 4 is 21.4 Å². The zero-order valence-electron chi connectivity index (χ0n) is 11.4. The van der Waals surface area contributed by atoms with Gasteiger partial charge < -0.3 is 10.5 Å². The van der Waals surface area contributed by atoms with Crippen molar-refractivity contribution < 1.29 is 4.74 Å². The van der Waals surface area contributed by atoms with E-state index in [1.807, 2.05) is 12.1 Å². The normalized spacial score (nSPS) is 10.9. The predicted octanol–water partition coefficient (Wildman–Crippen LogP) is 4.25. The molecular formula is C17H17NOS. The number of rotatable bonds is 4. The van der Waals surface area contributed by atoms with E-state index in [4.69, 9.17) is 10.5 Å². The molecule has 0 spiro atoms. The van der Waals surface area contributed by atoms with Crippen LogP contribution in [0.3, 0.4) is 0 Å². The highest BCUT2D eigenvalue weighted by Crippen LogP contribution is 2.28. The summed E-state index contributed by atoms with van der Waals surface area (Å²) >= 11 is 1.75. The molecule has 0 fully saturated rings. The largest absolute Gasteiger partial charge is 0.489 e. The number of benzene rings is 2. The predicted molar refractivity (Wildman–Crippen MR) is 85.2 cm³/mol. The summed E-state index contributed by atoms with van der Waals surface area (Å²) < 4.78 is 7.15. The molecule has 2 nitrogen and oxygen atoms in total. The molecule has 2 N–H and O–H groups in total. The third-order valence-electron chi connectivity index (χ3n) is 3.34. The Hall–Kier alpha value is -1.84. The zero-order chi connectivity index (χ0) is 13.9. The van der Waals surface area contributed by atoms with Crippen LogP contribution in [0, 0.1) is 6.92 Å². The number of hydrogen-bond acceptors (Lipinski definition) is 3. The Kier molecular flexibility index (Phi) is 3.72. The monoisotopic (exact) mass is 283 g/mol. The van der Waals surface area contributed by atoms with Gasteiger partial charge in [0.2, 0.25) is 0 Å². The van der Waals surface area contributed by atoms with Crippen LogP contribution in [0.15, 0.2) is 47.8 Å². The Balaban J connectivity index is 1.81. The third kappa shape index (κ3) is 2.69. The van der Waals surface area contributed by atoms with Gasteiger partial charge in [0.1, 0.15) is 12.4 Å². The Labute approximate surface area is 122 Å². The number of ether oxygens (including phenoxy) is 1. The molecule has 0 saturated carbocycles. The molecule has 0 aliphatic rings. The highest BCUT2D eigenvalue weighted by atomic mass is 32.1. The fraction of sp³-hybridized carbons (Fsp3) is 0.176. The van der Waals surface area contributed by atoms with Gasteiger partial charge in [-0.3, -0.25) is 0 Å². The van der Waals surface area contributed by atoms with E-state index in [1.54, 1.807) is 11.3 Å². The van der Waals surface area contributed by atoms with Gasteiger partial charge in [-0.1, -0.05) is 24.3 Å². The number of thiophene rings is 1. The van der Waals surface area contributed by atoms with Gasteiger partial charge in [-0.05, 0) is 47.0 Å². The summed E-state index contributed by atoms with van der Waals surface area (Å²) in [6.45, 7) is 3.26. The van der Waals surface area contributed by atoms with E-state index >= 15 is 0 Å². The Morgan fingerprint density at radius 3 is 2.85 bits per heavy atom. The van der Waals surface area contributed by atoms with E-state index in [0.717, 1.165) is 5.75 Å². The third-order valence-corrected chi connectivity index (χ3v) is 4.33. The summed E-state index contributed by atoms with van der Waals surface area (Å²) in [6, 6.07) is 14.5. The molecule has 3 aromatic rings. The van der Waals surface area contributed by atoms with E-state index in [2.05, 4.69) is 42.6 Å². The topological polar surface area (TPSA) is 35.2 Å². The molecule has 0 aliphatic carbocycles. The van der Waals surface area contributed by atoms with Gasteiger partial charge >= 0.3 is 0 Å². The minimum absolute atomic E-state index is 0.586. The first-order valence-corrected chi connectivity index (χ1v) is 7.53. The van der Waals surface area contributed by atoms with Crippen LogP contribution in [0.25, 0.3) is 10.1 Å². The lowest BCUT2D eigenvalue weighted by molar-refractivity contribution is 0.308.